The van der Waals surface area contributed by atoms with Gasteiger partial charge in [0.1, 0.15) is 0 Å². The Morgan fingerprint density at radius 3 is 2.50 bits per heavy atom. The van der Waals surface area contributed by atoms with Gasteiger partial charge in [0.15, 0.2) is 0 Å². The minimum absolute atomic E-state index is 0. The Balaban J connectivity index is 0.00000169. The highest BCUT2D eigenvalue weighted by Gasteiger charge is 1.96. The van der Waals surface area contributed by atoms with Crippen LogP contribution in [0.5, 0.6) is 0 Å². The van der Waals surface area contributed by atoms with Gasteiger partial charge in [-0.05, 0) is 24.1 Å². The highest BCUT2D eigenvalue weighted by molar-refractivity contribution is 5.85. The van der Waals surface area contributed by atoms with E-state index in [0.717, 1.165) is 12.0 Å². The van der Waals surface area contributed by atoms with Gasteiger partial charge in [-0.2, -0.15) is 0 Å². The minimum Gasteiger partial charge on any atom is -0.387 e. The first kappa shape index (κ1) is 12.9. The van der Waals surface area contributed by atoms with Gasteiger partial charge in [-0.1, -0.05) is 24.3 Å². The molecular formula is C10H16ClN3. The first-order valence-corrected chi connectivity index (χ1v) is 4.33. The third kappa shape index (κ3) is 4.25. The molecule has 78 valence electrons. The fourth-order valence-corrected chi connectivity index (χ4v) is 1.28. The van der Waals surface area contributed by atoms with E-state index >= 15 is 0 Å². The summed E-state index contributed by atoms with van der Waals surface area (Å²) in [5.74, 6) is 0.199. The molecule has 0 bridgehead atoms. The fourth-order valence-electron chi connectivity index (χ4n) is 1.28. The van der Waals surface area contributed by atoms with Crippen molar-refractivity contribution in [2.24, 2.45) is 11.5 Å². The van der Waals surface area contributed by atoms with Gasteiger partial charge in [0.25, 0.3) is 0 Å². The van der Waals surface area contributed by atoms with E-state index in [1.165, 1.54) is 5.56 Å². The normalized spacial score (nSPS) is 9.21. The molecule has 0 aromatic heterocycles. The molecule has 0 unspecified atom stereocenters. The molecule has 5 N–H and O–H groups in total. The molecule has 0 atom stereocenters. The Kier molecular flexibility index (Phi) is 5.92. The molecule has 0 saturated carbocycles. The largest absolute Gasteiger partial charge is 0.387 e. The molecule has 1 aromatic carbocycles. The Labute approximate surface area is 90.4 Å². The Morgan fingerprint density at radius 2 is 1.93 bits per heavy atom. The van der Waals surface area contributed by atoms with Crippen LogP contribution in [0.25, 0.3) is 0 Å². The van der Waals surface area contributed by atoms with Crippen molar-refractivity contribution < 1.29 is 0 Å². The lowest BCUT2D eigenvalue weighted by atomic mass is 10.1. The van der Waals surface area contributed by atoms with Crippen LogP contribution in [0.1, 0.15) is 11.1 Å². The first-order chi connectivity index (χ1) is 6.22. The van der Waals surface area contributed by atoms with E-state index in [0.29, 0.717) is 13.0 Å². The number of benzene rings is 1. The number of nitrogens with two attached hydrogens (primary N) is 2. The van der Waals surface area contributed by atoms with E-state index in [9.17, 15) is 0 Å². The molecule has 0 amide bonds. The van der Waals surface area contributed by atoms with Crippen LogP contribution in [-0.4, -0.2) is 12.4 Å². The van der Waals surface area contributed by atoms with E-state index in [4.69, 9.17) is 16.9 Å². The van der Waals surface area contributed by atoms with E-state index in [2.05, 4.69) is 0 Å². The maximum absolute atomic E-state index is 7.16. The Hall–Kier alpha value is -1.06. The molecule has 0 heterocycles. The molecule has 0 spiro atoms. The van der Waals surface area contributed by atoms with Crippen molar-refractivity contribution in [3.63, 3.8) is 0 Å². The second-order valence-corrected chi connectivity index (χ2v) is 3.06. The lowest BCUT2D eigenvalue weighted by molar-refractivity contribution is 0.965. The molecule has 0 saturated heterocycles. The Bertz CT molecular complexity index is 299. The van der Waals surface area contributed by atoms with Crippen molar-refractivity contribution >= 4 is 18.2 Å². The molecular weight excluding hydrogens is 198 g/mol. The van der Waals surface area contributed by atoms with Crippen LogP contribution >= 0.6 is 12.4 Å². The minimum atomic E-state index is 0. The number of amidine groups is 1. The van der Waals surface area contributed by atoms with Crippen LogP contribution in [-0.2, 0) is 12.8 Å². The maximum Gasteiger partial charge on any atom is 0.0950 e. The third-order valence-corrected chi connectivity index (χ3v) is 1.82. The molecule has 0 radical (unpaired) electrons. The predicted molar refractivity (Wildman–Crippen MR) is 62.1 cm³/mol. The van der Waals surface area contributed by atoms with Gasteiger partial charge in [0, 0.05) is 6.42 Å². The molecule has 3 nitrogen and oxygen atoms in total. The van der Waals surface area contributed by atoms with Crippen molar-refractivity contribution in [1.82, 2.24) is 0 Å². The number of rotatable bonds is 4. The summed E-state index contributed by atoms with van der Waals surface area (Å²) in [6.07, 6.45) is 1.41. The van der Waals surface area contributed by atoms with Crippen LogP contribution in [0.3, 0.4) is 0 Å². The van der Waals surface area contributed by atoms with Crippen molar-refractivity contribution in [2.75, 3.05) is 6.54 Å². The van der Waals surface area contributed by atoms with Gasteiger partial charge < -0.3 is 11.5 Å². The van der Waals surface area contributed by atoms with Gasteiger partial charge >= 0.3 is 0 Å². The number of hydrogen-bond donors (Lipinski definition) is 3. The molecule has 0 aliphatic rings. The van der Waals surface area contributed by atoms with Crippen LogP contribution in [0, 0.1) is 5.41 Å². The summed E-state index contributed by atoms with van der Waals surface area (Å²) in [5, 5.41) is 7.16. The van der Waals surface area contributed by atoms with Gasteiger partial charge in [0.05, 0.1) is 5.84 Å². The summed E-state index contributed by atoms with van der Waals surface area (Å²) in [7, 11) is 0. The fraction of sp³-hybridized carbons (Fsp3) is 0.300. The standard InChI is InChI=1S/C10H15N3.ClH/c11-5-4-8-2-1-3-9(6-8)7-10(12)13;/h1-3,6H,4-5,7,11H2,(H3,12,13);1H. The van der Waals surface area contributed by atoms with Crippen molar-refractivity contribution in [3.05, 3.63) is 35.4 Å². The molecule has 0 aliphatic heterocycles. The molecule has 0 fully saturated rings. The molecule has 1 aromatic rings. The lowest BCUT2D eigenvalue weighted by Gasteiger charge is -2.02. The maximum atomic E-state index is 7.16. The average Bonchev–Trinajstić information content (AvgIpc) is 2.04. The molecule has 4 heteroatoms. The van der Waals surface area contributed by atoms with Crippen LogP contribution in [0.2, 0.25) is 0 Å². The first-order valence-electron chi connectivity index (χ1n) is 4.33. The second-order valence-electron chi connectivity index (χ2n) is 3.06. The quantitative estimate of drug-likeness (QED) is 0.517. The van der Waals surface area contributed by atoms with Gasteiger partial charge in [-0.15, -0.1) is 12.4 Å². The smallest absolute Gasteiger partial charge is 0.0950 e. The highest BCUT2D eigenvalue weighted by Crippen LogP contribution is 2.05. The monoisotopic (exact) mass is 213 g/mol. The summed E-state index contributed by atoms with van der Waals surface area (Å²) in [6.45, 7) is 0.656. The van der Waals surface area contributed by atoms with Crippen LogP contribution in [0.15, 0.2) is 24.3 Å². The van der Waals surface area contributed by atoms with Gasteiger partial charge in [-0.25, -0.2) is 0 Å². The van der Waals surface area contributed by atoms with E-state index < -0.39 is 0 Å². The zero-order valence-electron chi connectivity index (χ0n) is 7.99. The zero-order chi connectivity index (χ0) is 9.68. The summed E-state index contributed by atoms with van der Waals surface area (Å²) in [4.78, 5) is 0. The number of halogens is 1. The predicted octanol–water partition coefficient (Wildman–Crippen LogP) is 1.09. The average molecular weight is 214 g/mol. The summed E-state index contributed by atoms with van der Waals surface area (Å²) >= 11 is 0. The van der Waals surface area contributed by atoms with Crippen LogP contribution < -0.4 is 11.5 Å². The Morgan fingerprint density at radius 1 is 1.29 bits per heavy atom. The molecule has 0 aliphatic carbocycles. The van der Waals surface area contributed by atoms with E-state index in [-0.39, 0.29) is 18.2 Å². The van der Waals surface area contributed by atoms with E-state index in [1.807, 2.05) is 24.3 Å². The lowest BCUT2D eigenvalue weighted by Crippen LogP contribution is -2.13. The van der Waals surface area contributed by atoms with Crippen molar-refractivity contribution in [2.45, 2.75) is 12.8 Å². The van der Waals surface area contributed by atoms with Gasteiger partial charge in [0.2, 0.25) is 0 Å². The summed E-state index contributed by atoms with van der Waals surface area (Å²) < 4.78 is 0. The summed E-state index contributed by atoms with van der Waals surface area (Å²) in [5.41, 5.74) is 13.0. The molecule has 1 rings (SSSR count). The molecule has 14 heavy (non-hydrogen) atoms. The third-order valence-electron chi connectivity index (χ3n) is 1.82. The van der Waals surface area contributed by atoms with Crippen molar-refractivity contribution in [1.29, 1.82) is 5.41 Å². The summed E-state index contributed by atoms with van der Waals surface area (Å²) in [6, 6.07) is 8.04. The number of nitrogens with one attached hydrogen (secondary N) is 1. The van der Waals surface area contributed by atoms with Crippen molar-refractivity contribution in [3.8, 4) is 0 Å². The van der Waals surface area contributed by atoms with Crippen LogP contribution in [0.4, 0.5) is 0 Å². The SMILES string of the molecule is Cl.N=C(N)Cc1cccc(CCN)c1. The van der Waals surface area contributed by atoms with E-state index in [1.54, 1.807) is 0 Å². The topological polar surface area (TPSA) is 75.9 Å². The highest BCUT2D eigenvalue weighted by atomic mass is 35.5. The second kappa shape index (κ2) is 6.40. The number of hydrogen-bond acceptors (Lipinski definition) is 2. The zero-order valence-corrected chi connectivity index (χ0v) is 8.81. The van der Waals surface area contributed by atoms with Gasteiger partial charge in [-0.3, -0.25) is 5.41 Å².